The Labute approximate surface area is 141 Å². The summed E-state index contributed by atoms with van der Waals surface area (Å²) in [5.74, 6) is 0.378. The van der Waals surface area contributed by atoms with Crippen molar-refractivity contribution in [2.45, 2.75) is 5.22 Å². The average molecular weight is 347 g/mol. The van der Waals surface area contributed by atoms with Gasteiger partial charge in [-0.3, -0.25) is 9.78 Å². The van der Waals surface area contributed by atoms with Crippen LogP contribution in [0.1, 0.15) is 0 Å². The molecule has 8 heteroatoms. The molecule has 0 fully saturated rings. The first-order chi connectivity index (χ1) is 11.2. The van der Waals surface area contributed by atoms with Crippen molar-refractivity contribution in [2.75, 3.05) is 11.1 Å². The van der Waals surface area contributed by atoms with Crippen molar-refractivity contribution in [3.63, 3.8) is 0 Å². The number of anilines is 1. The van der Waals surface area contributed by atoms with Gasteiger partial charge in [-0.05, 0) is 36.4 Å². The molecule has 0 aliphatic rings. The van der Waals surface area contributed by atoms with Crippen LogP contribution in [0.15, 0.2) is 58.4 Å². The second-order valence-corrected chi connectivity index (χ2v) is 5.82. The fourth-order valence-corrected chi connectivity index (χ4v) is 2.43. The van der Waals surface area contributed by atoms with Crippen LogP contribution in [0.25, 0.3) is 11.5 Å². The van der Waals surface area contributed by atoms with Gasteiger partial charge in [-0.15, -0.1) is 10.2 Å². The number of benzene rings is 1. The Bertz CT molecular complexity index is 793. The molecule has 0 spiro atoms. The maximum Gasteiger partial charge on any atom is 0.277 e. The lowest BCUT2D eigenvalue weighted by Gasteiger charge is -2.02. The largest absolute Gasteiger partial charge is 0.411 e. The first kappa shape index (κ1) is 15.5. The monoisotopic (exact) mass is 346 g/mol. The Balaban J connectivity index is 1.57. The predicted molar refractivity (Wildman–Crippen MR) is 88.3 cm³/mol. The molecule has 0 saturated carbocycles. The van der Waals surface area contributed by atoms with Gasteiger partial charge in [0.05, 0.1) is 17.6 Å². The number of amides is 1. The van der Waals surface area contributed by atoms with Gasteiger partial charge in [-0.1, -0.05) is 23.4 Å². The maximum atomic E-state index is 11.8. The summed E-state index contributed by atoms with van der Waals surface area (Å²) in [6.07, 6.45) is 3.22. The number of halogens is 1. The van der Waals surface area contributed by atoms with Crippen LogP contribution < -0.4 is 5.32 Å². The van der Waals surface area contributed by atoms with Crippen molar-refractivity contribution in [3.05, 3.63) is 53.8 Å². The molecule has 0 saturated heterocycles. The zero-order valence-corrected chi connectivity index (χ0v) is 13.3. The summed E-state index contributed by atoms with van der Waals surface area (Å²) in [5.41, 5.74) is 1.42. The van der Waals surface area contributed by atoms with E-state index in [2.05, 4.69) is 20.5 Å². The lowest BCUT2D eigenvalue weighted by Crippen LogP contribution is -2.13. The van der Waals surface area contributed by atoms with Crippen LogP contribution >= 0.6 is 23.4 Å². The van der Waals surface area contributed by atoms with Gasteiger partial charge in [-0.2, -0.15) is 0 Å². The van der Waals surface area contributed by atoms with Crippen LogP contribution in [0.2, 0.25) is 5.02 Å². The summed E-state index contributed by atoms with van der Waals surface area (Å²) >= 11 is 7.00. The van der Waals surface area contributed by atoms with Crippen molar-refractivity contribution in [2.24, 2.45) is 0 Å². The molecule has 1 N–H and O–H groups in total. The van der Waals surface area contributed by atoms with E-state index in [1.165, 1.54) is 11.8 Å². The molecule has 0 aliphatic heterocycles. The third-order valence-corrected chi connectivity index (χ3v) is 3.84. The highest BCUT2D eigenvalue weighted by Gasteiger charge is 2.11. The van der Waals surface area contributed by atoms with E-state index in [1.54, 1.807) is 48.8 Å². The van der Waals surface area contributed by atoms with E-state index in [1.807, 2.05) is 0 Å². The number of rotatable bonds is 5. The van der Waals surface area contributed by atoms with Crippen molar-refractivity contribution >= 4 is 35.0 Å². The first-order valence-corrected chi connectivity index (χ1v) is 7.99. The van der Waals surface area contributed by atoms with Gasteiger partial charge in [0.25, 0.3) is 5.22 Å². The van der Waals surface area contributed by atoms with Crippen LogP contribution in [0.4, 0.5) is 5.69 Å². The highest BCUT2D eigenvalue weighted by Crippen LogP contribution is 2.24. The molecular weight excluding hydrogens is 336 g/mol. The number of thioether (sulfide) groups is 1. The molecule has 2 heterocycles. The average Bonchev–Trinajstić information content (AvgIpc) is 3.04. The second kappa shape index (κ2) is 7.26. The number of nitrogens with zero attached hydrogens (tertiary/aromatic N) is 3. The molecule has 0 atom stereocenters. The lowest BCUT2D eigenvalue weighted by atomic mass is 10.2. The molecule has 3 rings (SSSR count). The van der Waals surface area contributed by atoms with Crippen LogP contribution in [0.5, 0.6) is 0 Å². The van der Waals surface area contributed by atoms with Gasteiger partial charge in [-0.25, -0.2) is 0 Å². The van der Waals surface area contributed by atoms with Crippen molar-refractivity contribution < 1.29 is 9.21 Å². The van der Waals surface area contributed by atoms with Crippen LogP contribution in [-0.4, -0.2) is 26.8 Å². The van der Waals surface area contributed by atoms with Crippen LogP contribution in [-0.2, 0) is 4.79 Å². The zero-order chi connectivity index (χ0) is 16.1. The van der Waals surface area contributed by atoms with E-state index in [0.717, 1.165) is 5.56 Å². The highest BCUT2D eigenvalue weighted by atomic mass is 35.5. The van der Waals surface area contributed by atoms with Crippen LogP contribution in [0, 0.1) is 0 Å². The number of hydrogen-bond acceptors (Lipinski definition) is 6. The molecular formula is C15H11ClN4O2S. The molecule has 3 aromatic rings. The number of carbonyl (C=O) groups excluding carboxylic acids is 1. The summed E-state index contributed by atoms with van der Waals surface area (Å²) in [4.78, 5) is 15.8. The summed E-state index contributed by atoms with van der Waals surface area (Å²) < 4.78 is 5.52. The quantitative estimate of drug-likeness (QED) is 0.712. The Morgan fingerprint density at radius 1 is 1.22 bits per heavy atom. The molecule has 116 valence electrons. The minimum absolute atomic E-state index is 0.164. The summed E-state index contributed by atoms with van der Waals surface area (Å²) in [5, 5.41) is 11.6. The fourth-order valence-electron chi connectivity index (χ4n) is 1.74. The standard InChI is InChI=1S/C15H11ClN4O2S/c16-11-5-3-10(4-6-11)14-19-20-15(22-14)23-9-13(21)18-12-2-1-7-17-8-12/h1-8H,9H2,(H,18,21). The Hall–Kier alpha value is -2.38. The number of nitrogens with one attached hydrogen (secondary N) is 1. The molecule has 6 nitrogen and oxygen atoms in total. The molecule has 23 heavy (non-hydrogen) atoms. The third kappa shape index (κ3) is 4.30. The van der Waals surface area contributed by atoms with Crippen molar-refractivity contribution in [3.8, 4) is 11.5 Å². The summed E-state index contributed by atoms with van der Waals surface area (Å²) in [6, 6.07) is 10.6. The fraction of sp³-hybridized carbons (Fsp3) is 0.0667. The second-order valence-electron chi connectivity index (χ2n) is 4.46. The molecule has 0 radical (unpaired) electrons. The predicted octanol–water partition coefficient (Wildman–Crippen LogP) is 3.52. The zero-order valence-electron chi connectivity index (χ0n) is 11.8. The number of hydrogen-bond donors (Lipinski definition) is 1. The van der Waals surface area contributed by atoms with Gasteiger partial charge in [0.15, 0.2) is 0 Å². The maximum absolute atomic E-state index is 11.8. The molecule has 1 aromatic carbocycles. The minimum Gasteiger partial charge on any atom is -0.411 e. The molecule has 2 aromatic heterocycles. The molecule has 1 amide bonds. The van der Waals surface area contributed by atoms with E-state index in [0.29, 0.717) is 21.8 Å². The van der Waals surface area contributed by atoms with Gasteiger partial charge in [0, 0.05) is 16.8 Å². The molecule has 0 unspecified atom stereocenters. The Morgan fingerprint density at radius 3 is 2.78 bits per heavy atom. The van der Waals surface area contributed by atoms with Gasteiger partial charge >= 0.3 is 0 Å². The van der Waals surface area contributed by atoms with Crippen molar-refractivity contribution in [1.82, 2.24) is 15.2 Å². The minimum atomic E-state index is -0.172. The van der Waals surface area contributed by atoms with Crippen LogP contribution in [0.3, 0.4) is 0 Å². The lowest BCUT2D eigenvalue weighted by molar-refractivity contribution is -0.113. The number of pyridine rings is 1. The van der Waals surface area contributed by atoms with Gasteiger partial charge in [0.2, 0.25) is 11.8 Å². The Morgan fingerprint density at radius 2 is 2.04 bits per heavy atom. The smallest absolute Gasteiger partial charge is 0.277 e. The highest BCUT2D eigenvalue weighted by molar-refractivity contribution is 7.99. The van der Waals surface area contributed by atoms with E-state index < -0.39 is 0 Å². The van der Waals surface area contributed by atoms with E-state index in [4.69, 9.17) is 16.0 Å². The molecule has 0 aliphatic carbocycles. The van der Waals surface area contributed by atoms with Crippen molar-refractivity contribution in [1.29, 1.82) is 0 Å². The summed E-state index contributed by atoms with van der Waals surface area (Å²) in [6.45, 7) is 0. The van der Waals surface area contributed by atoms with Gasteiger partial charge in [0.1, 0.15) is 0 Å². The first-order valence-electron chi connectivity index (χ1n) is 6.63. The topological polar surface area (TPSA) is 80.9 Å². The normalized spacial score (nSPS) is 10.5. The summed E-state index contributed by atoms with van der Waals surface area (Å²) in [7, 11) is 0. The number of carbonyl (C=O) groups is 1. The number of aromatic nitrogens is 3. The van der Waals surface area contributed by atoms with Gasteiger partial charge < -0.3 is 9.73 Å². The SMILES string of the molecule is O=C(CSc1nnc(-c2ccc(Cl)cc2)o1)Nc1cccnc1. The van der Waals surface area contributed by atoms with E-state index >= 15 is 0 Å². The van der Waals surface area contributed by atoms with E-state index in [9.17, 15) is 4.79 Å². The Kier molecular flexibility index (Phi) is 4.89. The van der Waals surface area contributed by atoms with E-state index in [-0.39, 0.29) is 11.7 Å². The molecule has 0 bridgehead atoms. The third-order valence-electron chi connectivity index (χ3n) is 2.77.